The third-order valence-electron chi connectivity index (χ3n) is 2.87. The van der Waals surface area contributed by atoms with E-state index < -0.39 is 5.97 Å². The molecule has 1 aliphatic rings. The number of aromatic carboxylic acids is 1. The lowest BCUT2D eigenvalue weighted by Crippen LogP contribution is -2.29. The van der Waals surface area contributed by atoms with Gasteiger partial charge in [0.15, 0.2) is 0 Å². The molecule has 1 fully saturated rings. The molecule has 0 spiro atoms. The number of carboxylic acids is 1. The van der Waals surface area contributed by atoms with E-state index in [0.717, 1.165) is 32.6 Å². The highest BCUT2D eigenvalue weighted by Gasteiger charge is 2.19. The zero-order valence-electron chi connectivity index (χ0n) is 9.45. The molecule has 1 aromatic carbocycles. The fourth-order valence-corrected chi connectivity index (χ4v) is 2.37. The van der Waals surface area contributed by atoms with Crippen molar-refractivity contribution in [3.05, 3.63) is 28.8 Å². The zero-order chi connectivity index (χ0) is 12.3. The van der Waals surface area contributed by atoms with Crippen LogP contribution in [-0.2, 0) is 0 Å². The molecule has 1 aromatic rings. The Labute approximate surface area is 105 Å². The van der Waals surface area contributed by atoms with Crippen LogP contribution in [0.2, 0.25) is 5.02 Å². The second-order valence-corrected chi connectivity index (χ2v) is 4.44. The second kappa shape index (κ2) is 5.38. The molecule has 0 atom stereocenters. The molecular weight excluding hydrogens is 240 g/mol. The van der Waals surface area contributed by atoms with Gasteiger partial charge in [-0.15, -0.1) is 0 Å². The molecule has 0 aliphatic carbocycles. The molecule has 0 unspecified atom stereocenters. The van der Waals surface area contributed by atoms with Gasteiger partial charge in [-0.1, -0.05) is 17.7 Å². The van der Waals surface area contributed by atoms with E-state index in [4.69, 9.17) is 11.6 Å². The van der Waals surface area contributed by atoms with Crippen LogP contribution in [0, 0.1) is 0 Å². The summed E-state index contributed by atoms with van der Waals surface area (Å²) >= 11 is 6.13. The molecule has 1 heterocycles. The number of nitrogens with zero attached hydrogens (tertiary/aromatic N) is 1. The molecule has 0 saturated carbocycles. The Morgan fingerprint density at radius 2 is 2.18 bits per heavy atom. The molecule has 0 aromatic heterocycles. The van der Waals surface area contributed by atoms with Gasteiger partial charge in [-0.2, -0.15) is 0 Å². The number of rotatable bonds is 2. The summed E-state index contributed by atoms with van der Waals surface area (Å²) in [5.74, 6) is -0.931. The Morgan fingerprint density at radius 1 is 1.35 bits per heavy atom. The van der Waals surface area contributed by atoms with Gasteiger partial charge in [-0.3, -0.25) is 0 Å². The van der Waals surface area contributed by atoms with E-state index in [1.807, 2.05) is 4.90 Å². The van der Waals surface area contributed by atoms with Crippen molar-refractivity contribution >= 4 is 23.3 Å². The summed E-state index contributed by atoms with van der Waals surface area (Å²) in [5, 5.41) is 13.0. The van der Waals surface area contributed by atoms with E-state index >= 15 is 0 Å². The Bertz CT molecular complexity index is 415. The van der Waals surface area contributed by atoms with Crippen LogP contribution in [0.1, 0.15) is 16.8 Å². The van der Waals surface area contributed by atoms with Crippen molar-refractivity contribution < 1.29 is 9.90 Å². The minimum absolute atomic E-state index is 0.277. The van der Waals surface area contributed by atoms with Crippen LogP contribution in [0.4, 0.5) is 5.69 Å². The first-order chi connectivity index (χ1) is 8.20. The largest absolute Gasteiger partial charge is 0.478 e. The standard InChI is InChI=1S/C12H15ClN2O2/c13-10-4-1-3-9(12(16)17)11(10)15-7-2-5-14-6-8-15/h1,3-4,14H,2,5-8H2,(H,16,17). The van der Waals surface area contributed by atoms with Gasteiger partial charge >= 0.3 is 5.97 Å². The lowest BCUT2D eigenvalue weighted by atomic mass is 10.1. The van der Waals surface area contributed by atoms with Gasteiger partial charge < -0.3 is 15.3 Å². The molecule has 17 heavy (non-hydrogen) atoms. The van der Waals surface area contributed by atoms with Gasteiger partial charge in [0.25, 0.3) is 0 Å². The number of nitrogens with one attached hydrogen (secondary N) is 1. The number of anilines is 1. The molecule has 4 nitrogen and oxygen atoms in total. The molecule has 92 valence electrons. The van der Waals surface area contributed by atoms with Crippen molar-refractivity contribution in [3.8, 4) is 0 Å². The molecule has 5 heteroatoms. The maximum Gasteiger partial charge on any atom is 0.337 e. The normalized spacial score (nSPS) is 16.6. The maximum absolute atomic E-state index is 11.2. The smallest absolute Gasteiger partial charge is 0.337 e. The SMILES string of the molecule is O=C(O)c1cccc(Cl)c1N1CCCNCC1. The summed E-state index contributed by atoms with van der Waals surface area (Å²) in [5.41, 5.74) is 0.921. The van der Waals surface area contributed by atoms with Gasteiger partial charge in [0.05, 0.1) is 16.3 Å². The molecule has 0 amide bonds. The number of carbonyl (C=O) groups is 1. The average Bonchev–Trinajstić information content (AvgIpc) is 2.57. The molecular formula is C12H15ClN2O2. The number of hydrogen-bond donors (Lipinski definition) is 2. The van der Waals surface area contributed by atoms with Gasteiger partial charge in [0.2, 0.25) is 0 Å². The number of halogens is 1. The first kappa shape index (κ1) is 12.2. The van der Waals surface area contributed by atoms with Crippen molar-refractivity contribution in [2.24, 2.45) is 0 Å². The summed E-state index contributed by atoms with van der Waals surface area (Å²) in [4.78, 5) is 13.2. The van der Waals surface area contributed by atoms with Gasteiger partial charge in [-0.25, -0.2) is 4.79 Å². The summed E-state index contributed by atoms with van der Waals surface area (Å²) in [7, 11) is 0. The number of para-hydroxylation sites is 1. The van der Waals surface area contributed by atoms with Gasteiger partial charge in [0.1, 0.15) is 0 Å². The molecule has 0 bridgehead atoms. The van der Waals surface area contributed by atoms with Crippen molar-refractivity contribution in [3.63, 3.8) is 0 Å². The fourth-order valence-electron chi connectivity index (χ4n) is 2.08. The van der Waals surface area contributed by atoms with Crippen LogP contribution >= 0.6 is 11.6 Å². The lowest BCUT2D eigenvalue weighted by Gasteiger charge is -2.25. The Hall–Kier alpha value is -1.26. The minimum Gasteiger partial charge on any atom is -0.478 e. The Kier molecular flexibility index (Phi) is 3.86. The third kappa shape index (κ3) is 2.70. The van der Waals surface area contributed by atoms with E-state index in [1.54, 1.807) is 18.2 Å². The number of hydrogen-bond acceptors (Lipinski definition) is 3. The van der Waals surface area contributed by atoms with E-state index in [9.17, 15) is 9.90 Å². The quantitative estimate of drug-likeness (QED) is 0.846. The van der Waals surface area contributed by atoms with Crippen molar-refractivity contribution in [1.82, 2.24) is 5.32 Å². The van der Waals surface area contributed by atoms with Crippen LogP contribution < -0.4 is 10.2 Å². The first-order valence-electron chi connectivity index (χ1n) is 5.67. The molecule has 1 aliphatic heterocycles. The first-order valence-corrected chi connectivity index (χ1v) is 6.05. The van der Waals surface area contributed by atoms with Gasteiger partial charge in [0, 0.05) is 19.6 Å². The predicted octanol–water partition coefficient (Wildman–Crippen LogP) is 1.84. The molecule has 0 radical (unpaired) electrons. The lowest BCUT2D eigenvalue weighted by molar-refractivity contribution is 0.0697. The van der Waals surface area contributed by atoms with E-state index in [0.29, 0.717) is 10.7 Å². The Balaban J connectivity index is 2.37. The van der Waals surface area contributed by atoms with Crippen LogP contribution in [0.5, 0.6) is 0 Å². The van der Waals surface area contributed by atoms with Crippen molar-refractivity contribution in [2.75, 3.05) is 31.1 Å². The highest BCUT2D eigenvalue weighted by molar-refractivity contribution is 6.34. The highest BCUT2D eigenvalue weighted by Crippen LogP contribution is 2.30. The summed E-state index contributed by atoms with van der Waals surface area (Å²) in [6, 6.07) is 5.01. The topological polar surface area (TPSA) is 52.6 Å². The molecule has 2 rings (SSSR count). The fraction of sp³-hybridized carbons (Fsp3) is 0.417. The van der Waals surface area contributed by atoms with E-state index in [-0.39, 0.29) is 5.56 Å². The van der Waals surface area contributed by atoms with E-state index in [1.165, 1.54) is 0 Å². The minimum atomic E-state index is -0.931. The summed E-state index contributed by atoms with van der Waals surface area (Å²) < 4.78 is 0. The second-order valence-electron chi connectivity index (χ2n) is 4.03. The van der Waals surface area contributed by atoms with Crippen LogP contribution in [0.15, 0.2) is 18.2 Å². The summed E-state index contributed by atoms with van der Waals surface area (Å²) in [6.45, 7) is 3.43. The highest BCUT2D eigenvalue weighted by atomic mass is 35.5. The number of benzene rings is 1. The van der Waals surface area contributed by atoms with Crippen LogP contribution in [-0.4, -0.2) is 37.3 Å². The maximum atomic E-state index is 11.2. The third-order valence-corrected chi connectivity index (χ3v) is 3.18. The average molecular weight is 255 g/mol. The molecule has 1 saturated heterocycles. The Morgan fingerprint density at radius 3 is 2.94 bits per heavy atom. The van der Waals surface area contributed by atoms with Crippen molar-refractivity contribution in [2.45, 2.75) is 6.42 Å². The number of carboxylic acid groups (broad SMARTS) is 1. The predicted molar refractivity (Wildman–Crippen MR) is 68.1 cm³/mol. The van der Waals surface area contributed by atoms with Crippen LogP contribution in [0.3, 0.4) is 0 Å². The van der Waals surface area contributed by atoms with Crippen LogP contribution in [0.25, 0.3) is 0 Å². The van der Waals surface area contributed by atoms with Crippen molar-refractivity contribution in [1.29, 1.82) is 0 Å². The van der Waals surface area contributed by atoms with E-state index in [2.05, 4.69) is 5.32 Å². The monoisotopic (exact) mass is 254 g/mol. The zero-order valence-corrected chi connectivity index (χ0v) is 10.2. The summed E-state index contributed by atoms with van der Waals surface area (Å²) in [6.07, 6.45) is 0.990. The van der Waals surface area contributed by atoms with Gasteiger partial charge in [-0.05, 0) is 25.1 Å². The molecule has 2 N–H and O–H groups in total.